The van der Waals surface area contributed by atoms with Crippen LogP contribution in [0.3, 0.4) is 0 Å². The third-order valence-electron chi connectivity index (χ3n) is 3.46. The van der Waals surface area contributed by atoms with Crippen molar-refractivity contribution in [2.75, 3.05) is 39.3 Å². The maximum atomic E-state index is 8.87. The molecule has 1 heterocycles. The Kier molecular flexibility index (Phi) is 4.03. The van der Waals surface area contributed by atoms with Crippen LogP contribution >= 0.6 is 0 Å². The first-order valence-electron chi connectivity index (χ1n) is 6.17. The van der Waals surface area contributed by atoms with E-state index in [1.165, 1.54) is 25.7 Å². The van der Waals surface area contributed by atoms with Gasteiger partial charge in [0.2, 0.25) is 0 Å². The van der Waals surface area contributed by atoms with Gasteiger partial charge in [0, 0.05) is 38.4 Å². The molecule has 0 atom stereocenters. The van der Waals surface area contributed by atoms with Gasteiger partial charge in [0.25, 0.3) is 0 Å². The Morgan fingerprint density at radius 3 is 2.53 bits per heavy atom. The van der Waals surface area contributed by atoms with Crippen LogP contribution in [0, 0.1) is 0 Å². The van der Waals surface area contributed by atoms with E-state index >= 15 is 0 Å². The number of nitrogens with zero attached hydrogens (tertiary/aromatic N) is 2. The Morgan fingerprint density at radius 2 is 1.93 bits per heavy atom. The third kappa shape index (κ3) is 2.95. The number of aliphatic hydroxyl groups excluding tert-OH is 1. The molecule has 0 saturated carbocycles. The van der Waals surface area contributed by atoms with Crippen molar-refractivity contribution in [1.82, 2.24) is 9.80 Å². The summed E-state index contributed by atoms with van der Waals surface area (Å²) in [4.78, 5) is 4.88. The fourth-order valence-corrected chi connectivity index (χ4v) is 2.51. The topological polar surface area (TPSA) is 26.7 Å². The minimum atomic E-state index is 0.294. The highest BCUT2D eigenvalue weighted by atomic mass is 16.3. The summed E-state index contributed by atoms with van der Waals surface area (Å²) >= 11 is 0. The molecule has 3 nitrogen and oxygen atoms in total. The molecule has 1 N–H and O–H groups in total. The lowest BCUT2D eigenvalue weighted by Crippen LogP contribution is -2.46. The highest BCUT2D eigenvalue weighted by molar-refractivity contribution is 5.05. The van der Waals surface area contributed by atoms with Crippen LogP contribution in [0.15, 0.2) is 11.8 Å². The monoisotopic (exact) mass is 210 g/mol. The van der Waals surface area contributed by atoms with E-state index < -0.39 is 0 Å². The van der Waals surface area contributed by atoms with Gasteiger partial charge in [0.1, 0.15) is 0 Å². The third-order valence-corrected chi connectivity index (χ3v) is 3.46. The van der Waals surface area contributed by atoms with Gasteiger partial charge < -0.3 is 10.0 Å². The lowest BCUT2D eigenvalue weighted by Gasteiger charge is -2.38. The minimum absolute atomic E-state index is 0.294. The molecule has 0 radical (unpaired) electrons. The van der Waals surface area contributed by atoms with E-state index in [0.29, 0.717) is 6.61 Å². The second-order valence-corrected chi connectivity index (χ2v) is 4.49. The summed E-state index contributed by atoms with van der Waals surface area (Å²) in [7, 11) is 0. The first-order chi connectivity index (χ1) is 7.40. The Balaban J connectivity index is 1.79. The van der Waals surface area contributed by atoms with Crippen molar-refractivity contribution in [1.29, 1.82) is 0 Å². The molecule has 0 spiro atoms. The van der Waals surface area contributed by atoms with Crippen LogP contribution < -0.4 is 0 Å². The van der Waals surface area contributed by atoms with E-state index in [-0.39, 0.29) is 0 Å². The maximum Gasteiger partial charge on any atom is 0.0558 e. The number of aliphatic hydroxyl groups is 1. The molecule has 15 heavy (non-hydrogen) atoms. The molecule has 1 saturated heterocycles. The van der Waals surface area contributed by atoms with Gasteiger partial charge in [-0.05, 0) is 25.7 Å². The molecule has 2 aliphatic rings. The van der Waals surface area contributed by atoms with Crippen molar-refractivity contribution in [3.63, 3.8) is 0 Å². The second kappa shape index (κ2) is 5.52. The quantitative estimate of drug-likeness (QED) is 0.754. The van der Waals surface area contributed by atoms with Gasteiger partial charge in [-0.25, -0.2) is 0 Å². The molecule has 3 heteroatoms. The van der Waals surface area contributed by atoms with Crippen molar-refractivity contribution in [3.05, 3.63) is 11.8 Å². The Hall–Kier alpha value is -0.540. The molecule has 1 fully saturated rings. The number of hydrogen-bond acceptors (Lipinski definition) is 3. The van der Waals surface area contributed by atoms with Gasteiger partial charge in [-0.1, -0.05) is 6.08 Å². The van der Waals surface area contributed by atoms with Crippen molar-refractivity contribution < 1.29 is 5.11 Å². The van der Waals surface area contributed by atoms with Crippen LogP contribution in [0.2, 0.25) is 0 Å². The predicted octanol–water partition coefficient (Wildman–Crippen LogP) is 1.05. The summed E-state index contributed by atoms with van der Waals surface area (Å²) in [5.74, 6) is 0. The lowest BCUT2D eigenvalue weighted by atomic mass is 10.0. The van der Waals surface area contributed by atoms with E-state index in [1.54, 1.807) is 5.70 Å². The van der Waals surface area contributed by atoms with Crippen molar-refractivity contribution >= 4 is 0 Å². The highest BCUT2D eigenvalue weighted by Crippen LogP contribution is 2.21. The van der Waals surface area contributed by atoms with Gasteiger partial charge in [-0.2, -0.15) is 0 Å². The van der Waals surface area contributed by atoms with Gasteiger partial charge in [-0.3, -0.25) is 4.90 Å². The number of piperazine rings is 1. The molecule has 0 aromatic heterocycles. The van der Waals surface area contributed by atoms with Gasteiger partial charge >= 0.3 is 0 Å². The molecule has 2 rings (SSSR count). The molecule has 0 aromatic carbocycles. The second-order valence-electron chi connectivity index (χ2n) is 4.49. The SMILES string of the molecule is OCCN1CCN(C2=CCCCC2)CC1. The molecular formula is C12H22N2O. The van der Waals surface area contributed by atoms with E-state index in [2.05, 4.69) is 15.9 Å². The summed E-state index contributed by atoms with van der Waals surface area (Å²) in [6.07, 6.45) is 7.70. The van der Waals surface area contributed by atoms with Gasteiger partial charge in [0.05, 0.1) is 6.61 Å². The number of rotatable bonds is 3. The molecule has 0 unspecified atom stereocenters. The maximum absolute atomic E-state index is 8.87. The van der Waals surface area contributed by atoms with E-state index in [4.69, 9.17) is 5.11 Å². The van der Waals surface area contributed by atoms with Gasteiger partial charge in [-0.15, -0.1) is 0 Å². The van der Waals surface area contributed by atoms with Crippen LogP contribution in [0.1, 0.15) is 25.7 Å². The van der Waals surface area contributed by atoms with E-state index in [0.717, 1.165) is 32.7 Å². The summed E-state index contributed by atoms with van der Waals surface area (Å²) in [5, 5.41) is 8.87. The zero-order chi connectivity index (χ0) is 10.5. The smallest absolute Gasteiger partial charge is 0.0558 e. The first kappa shape index (κ1) is 11.0. The summed E-state index contributed by atoms with van der Waals surface area (Å²) in [6, 6.07) is 0. The minimum Gasteiger partial charge on any atom is -0.395 e. The first-order valence-corrected chi connectivity index (χ1v) is 6.17. The largest absolute Gasteiger partial charge is 0.395 e. The van der Waals surface area contributed by atoms with Crippen LogP contribution in [0.5, 0.6) is 0 Å². The molecule has 1 aliphatic carbocycles. The van der Waals surface area contributed by atoms with E-state index in [9.17, 15) is 0 Å². The van der Waals surface area contributed by atoms with Crippen LogP contribution in [-0.4, -0.2) is 54.2 Å². The lowest BCUT2D eigenvalue weighted by molar-refractivity contribution is 0.128. The summed E-state index contributed by atoms with van der Waals surface area (Å²) in [6.45, 7) is 5.64. The Morgan fingerprint density at radius 1 is 1.13 bits per heavy atom. The molecule has 1 aliphatic heterocycles. The summed E-state index contributed by atoms with van der Waals surface area (Å²) in [5.41, 5.74) is 1.57. The van der Waals surface area contributed by atoms with Gasteiger partial charge in [0.15, 0.2) is 0 Å². The average molecular weight is 210 g/mol. The van der Waals surface area contributed by atoms with Crippen molar-refractivity contribution in [3.8, 4) is 0 Å². The summed E-state index contributed by atoms with van der Waals surface area (Å²) < 4.78 is 0. The molecule has 86 valence electrons. The van der Waals surface area contributed by atoms with Crippen molar-refractivity contribution in [2.24, 2.45) is 0 Å². The van der Waals surface area contributed by atoms with Crippen LogP contribution in [0.25, 0.3) is 0 Å². The van der Waals surface area contributed by atoms with Crippen LogP contribution in [-0.2, 0) is 0 Å². The fraction of sp³-hybridized carbons (Fsp3) is 0.833. The van der Waals surface area contributed by atoms with Crippen LogP contribution in [0.4, 0.5) is 0 Å². The number of allylic oxidation sites excluding steroid dienone is 2. The zero-order valence-electron chi connectivity index (χ0n) is 9.49. The Labute approximate surface area is 92.4 Å². The highest BCUT2D eigenvalue weighted by Gasteiger charge is 2.18. The molecule has 0 bridgehead atoms. The van der Waals surface area contributed by atoms with Crippen molar-refractivity contribution in [2.45, 2.75) is 25.7 Å². The molecule has 0 amide bonds. The average Bonchev–Trinajstić information content (AvgIpc) is 2.32. The molecule has 0 aromatic rings. The predicted molar refractivity (Wildman–Crippen MR) is 61.6 cm³/mol. The Bertz CT molecular complexity index is 220. The normalized spacial score (nSPS) is 24.1. The zero-order valence-corrected chi connectivity index (χ0v) is 9.49. The number of hydrogen-bond donors (Lipinski definition) is 1. The fourth-order valence-electron chi connectivity index (χ4n) is 2.51. The standard InChI is InChI=1S/C12H22N2O/c15-11-10-13-6-8-14(9-7-13)12-4-2-1-3-5-12/h4,15H,1-3,5-11H2. The molecular weight excluding hydrogens is 188 g/mol. The van der Waals surface area contributed by atoms with E-state index in [1.807, 2.05) is 0 Å². The number of β-amino-alcohol motifs (C(OH)–C–C–N with tert-alkyl or cyclic N) is 1.